The van der Waals surface area contributed by atoms with Crippen molar-refractivity contribution in [2.45, 2.75) is 27.3 Å². The maximum Gasteiger partial charge on any atom is 0.123 e. The molecule has 0 heterocycles. The van der Waals surface area contributed by atoms with Crippen LogP contribution < -0.4 is 5.32 Å². The van der Waals surface area contributed by atoms with Gasteiger partial charge in [-0.1, -0.05) is 19.9 Å². The fourth-order valence-corrected chi connectivity index (χ4v) is 2.28. The first kappa shape index (κ1) is 15.1. The molecular formula is C15H25FN2. The molecule has 102 valence electrons. The number of nitrogens with zero attached hydrogens (tertiary/aromatic N) is 1. The van der Waals surface area contributed by atoms with Gasteiger partial charge in [-0.25, -0.2) is 4.39 Å². The summed E-state index contributed by atoms with van der Waals surface area (Å²) >= 11 is 0. The van der Waals surface area contributed by atoms with E-state index in [1.54, 1.807) is 6.07 Å². The number of nitrogens with one attached hydrogen (secondary N) is 1. The van der Waals surface area contributed by atoms with Crippen LogP contribution in [-0.4, -0.2) is 32.1 Å². The van der Waals surface area contributed by atoms with Crippen molar-refractivity contribution in [2.24, 2.45) is 5.41 Å². The van der Waals surface area contributed by atoms with Gasteiger partial charge in [0.2, 0.25) is 0 Å². The van der Waals surface area contributed by atoms with E-state index in [0.717, 1.165) is 30.8 Å². The number of rotatable bonds is 6. The Kier molecular flexibility index (Phi) is 5.29. The number of benzene rings is 1. The van der Waals surface area contributed by atoms with Crippen molar-refractivity contribution >= 4 is 0 Å². The van der Waals surface area contributed by atoms with Crippen LogP contribution in [-0.2, 0) is 6.54 Å². The van der Waals surface area contributed by atoms with Crippen LogP contribution in [0.4, 0.5) is 4.39 Å². The molecule has 2 nitrogen and oxygen atoms in total. The van der Waals surface area contributed by atoms with Crippen molar-refractivity contribution in [3.05, 3.63) is 35.1 Å². The molecule has 0 aliphatic rings. The highest BCUT2D eigenvalue weighted by atomic mass is 19.1. The summed E-state index contributed by atoms with van der Waals surface area (Å²) in [5, 5.41) is 3.42. The molecule has 3 heteroatoms. The average Bonchev–Trinajstić information content (AvgIpc) is 2.21. The molecule has 0 saturated carbocycles. The van der Waals surface area contributed by atoms with Gasteiger partial charge < -0.3 is 10.2 Å². The highest BCUT2D eigenvalue weighted by Gasteiger charge is 2.18. The van der Waals surface area contributed by atoms with E-state index >= 15 is 0 Å². The van der Waals surface area contributed by atoms with Crippen LogP contribution in [0, 0.1) is 18.2 Å². The number of hydrogen-bond acceptors (Lipinski definition) is 2. The van der Waals surface area contributed by atoms with Gasteiger partial charge in [0.15, 0.2) is 0 Å². The van der Waals surface area contributed by atoms with E-state index in [0.29, 0.717) is 0 Å². The van der Waals surface area contributed by atoms with Crippen molar-refractivity contribution in [1.29, 1.82) is 0 Å². The molecule has 0 bridgehead atoms. The lowest BCUT2D eigenvalue weighted by Gasteiger charge is -2.28. The molecular weight excluding hydrogens is 227 g/mol. The highest BCUT2D eigenvalue weighted by Crippen LogP contribution is 2.15. The Balaban J connectivity index is 2.48. The van der Waals surface area contributed by atoms with Crippen molar-refractivity contribution in [3.63, 3.8) is 0 Å². The van der Waals surface area contributed by atoms with Gasteiger partial charge in [-0.05, 0) is 49.7 Å². The van der Waals surface area contributed by atoms with Gasteiger partial charge in [0.05, 0.1) is 0 Å². The van der Waals surface area contributed by atoms with Crippen molar-refractivity contribution < 1.29 is 4.39 Å². The molecule has 0 aliphatic heterocycles. The number of aryl methyl sites for hydroxylation is 1. The lowest BCUT2D eigenvalue weighted by molar-refractivity contribution is 0.232. The zero-order chi connectivity index (χ0) is 13.8. The van der Waals surface area contributed by atoms with Crippen LogP contribution in [0.2, 0.25) is 0 Å². The summed E-state index contributed by atoms with van der Waals surface area (Å²) in [5.74, 6) is -0.162. The fraction of sp³-hybridized carbons (Fsp3) is 0.600. The van der Waals surface area contributed by atoms with Crippen LogP contribution in [0.5, 0.6) is 0 Å². The maximum atomic E-state index is 13.1. The van der Waals surface area contributed by atoms with Gasteiger partial charge >= 0.3 is 0 Å². The third-order valence-electron chi connectivity index (χ3n) is 2.97. The minimum Gasteiger partial charge on any atom is -0.312 e. The molecule has 0 saturated heterocycles. The van der Waals surface area contributed by atoms with E-state index in [4.69, 9.17) is 0 Å². The molecule has 18 heavy (non-hydrogen) atoms. The molecule has 1 aromatic carbocycles. The van der Waals surface area contributed by atoms with E-state index in [9.17, 15) is 4.39 Å². The summed E-state index contributed by atoms with van der Waals surface area (Å²) in [6.45, 7) is 9.15. The Morgan fingerprint density at radius 2 is 1.94 bits per heavy atom. The Bertz CT molecular complexity index is 386. The lowest BCUT2D eigenvalue weighted by Crippen LogP contribution is -2.37. The number of halogens is 1. The van der Waals surface area contributed by atoms with Crippen LogP contribution in [0.1, 0.15) is 25.0 Å². The first-order valence-electron chi connectivity index (χ1n) is 6.41. The zero-order valence-corrected chi connectivity index (χ0v) is 12.2. The smallest absolute Gasteiger partial charge is 0.123 e. The lowest BCUT2D eigenvalue weighted by atomic mass is 9.93. The second-order valence-corrected chi connectivity index (χ2v) is 6.08. The normalized spacial score (nSPS) is 12.2. The van der Waals surface area contributed by atoms with Gasteiger partial charge in [0.25, 0.3) is 0 Å². The second-order valence-electron chi connectivity index (χ2n) is 6.08. The molecule has 0 radical (unpaired) electrons. The molecule has 0 amide bonds. The largest absolute Gasteiger partial charge is 0.312 e. The predicted octanol–water partition coefficient (Wildman–Crippen LogP) is 2.81. The molecule has 0 aromatic heterocycles. The van der Waals surface area contributed by atoms with Crippen LogP contribution in [0.3, 0.4) is 0 Å². The Labute approximate surface area is 110 Å². The van der Waals surface area contributed by atoms with Crippen molar-refractivity contribution in [1.82, 2.24) is 10.2 Å². The summed E-state index contributed by atoms with van der Waals surface area (Å²) in [5.41, 5.74) is 2.38. The second kappa shape index (κ2) is 6.30. The maximum absolute atomic E-state index is 13.1. The molecule has 0 aliphatic carbocycles. The van der Waals surface area contributed by atoms with Crippen LogP contribution in [0.25, 0.3) is 0 Å². The number of hydrogen-bond donors (Lipinski definition) is 1. The predicted molar refractivity (Wildman–Crippen MR) is 75.2 cm³/mol. The van der Waals surface area contributed by atoms with Crippen molar-refractivity contribution in [2.75, 3.05) is 27.2 Å². The molecule has 0 spiro atoms. The minimum atomic E-state index is -0.162. The fourth-order valence-electron chi connectivity index (χ4n) is 2.28. The van der Waals surface area contributed by atoms with Gasteiger partial charge in [-0.15, -0.1) is 0 Å². The summed E-state index contributed by atoms with van der Waals surface area (Å²) in [6, 6.07) is 4.95. The summed E-state index contributed by atoms with van der Waals surface area (Å²) < 4.78 is 13.1. The Morgan fingerprint density at radius 1 is 1.28 bits per heavy atom. The van der Waals surface area contributed by atoms with Gasteiger partial charge in [0.1, 0.15) is 5.82 Å². The summed E-state index contributed by atoms with van der Waals surface area (Å²) in [6.07, 6.45) is 0. The molecule has 0 fully saturated rings. The summed E-state index contributed by atoms with van der Waals surface area (Å²) in [7, 11) is 4.16. The first-order chi connectivity index (χ1) is 8.30. The van der Waals surface area contributed by atoms with E-state index < -0.39 is 0 Å². The SMILES string of the molecule is Cc1ccc(F)cc1CNCC(C)(C)CN(C)C. The zero-order valence-electron chi connectivity index (χ0n) is 12.2. The third-order valence-corrected chi connectivity index (χ3v) is 2.97. The molecule has 0 unspecified atom stereocenters. The van der Waals surface area contributed by atoms with Crippen molar-refractivity contribution in [3.8, 4) is 0 Å². The topological polar surface area (TPSA) is 15.3 Å². The standard InChI is InChI=1S/C15H25FN2/c1-12-6-7-14(16)8-13(12)9-17-10-15(2,3)11-18(4)5/h6-8,17H,9-11H2,1-5H3. The van der Waals surface area contributed by atoms with Crippen LogP contribution >= 0.6 is 0 Å². The van der Waals surface area contributed by atoms with E-state index in [1.807, 2.05) is 13.0 Å². The summed E-state index contributed by atoms with van der Waals surface area (Å²) in [4.78, 5) is 2.19. The third kappa shape index (κ3) is 5.15. The molecule has 1 aromatic rings. The van der Waals surface area contributed by atoms with Gasteiger partial charge in [-0.3, -0.25) is 0 Å². The average molecular weight is 252 g/mol. The monoisotopic (exact) mass is 252 g/mol. The Hall–Kier alpha value is -0.930. The van der Waals surface area contributed by atoms with E-state index in [-0.39, 0.29) is 11.2 Å². The van der Waals surface area contributed by atoms with Gasteiger partial charge in [0, 0.05) is 19.6 Å². The molecule has 0 atom stereocenters. The van der Waals surface area contributed by atoms with Gasteiger partial charge in [-0.2, -0.15) is 0 Å². The molecule has 1 rings (SSSR count). The highest BCUT2D eigenvalue weighted by molar-refractivity contribution is 5.26. The van der Waals surface area contributed by atoms with E-state index in [1.165, 1.54) is 6.07 Å². The first-order valence-corrected chi connectivity index (χ1v) is 6.41. The quantitative estimate of drug-likeness (QED) is 0.837. The minimum absolute atomic E-state index is 0.162. The van der Waals surface area contributed by atoms with E-state index in [2.05, 4.69) is 38.2 Å². The molecule has 1 N–H and O–H groups in total. The Morgan fingerprint density at radius 3 is 2.56 bits per heavy atom. The van der Waals surface area contributed by atoms with Crippen LogP contribution in [0.15, 0.2) is 18.2 Å².